The third kappa shape index (κ3) is 3.93. The molecule has 2 aromatic carbocycles. The molecule has 0 bridgehead atoms. The van der Waals surface area contributed by atoms with Crippen LogP contribution >= 0.6 is 11.6 Å². The highest BCUT2D eigenvalue weighted by atomic mass is 35.5. The van der Waals surface area contributed by atoms with Gasteiger partial charge in [0.2, 0.25) is 11.8 Å². The lowest BCUT2D eigenvalue weighted by Gasteiger charge is -2.52. The van der Waals surface area contributed by atoms with E-state index in [4.69, 9.17) is 11.6 Å². The first-order chi connectivity index (χ1) is 15.4. The van der Waals surface area contributed by atoms with E-state index in [1.807, 2.05) is 43.3 Å². The van der Waals surface area contributed by atoms with Crippen molar-refractivity contribution < 1.29 is 9.59 Å². The fraction of sp³-hybridized carbons (Fsp3) is 0.462. The van der Waals surface area contributed by atoms with Gasteiger partial charge in [-0.1, -0.05) is 60.8 Å². The first kappa shape index (κ1) is 21.5. The number of fused-ring (bicyclic) bond motifs is 2. The highest BCUT2D eigenvalue weighted by molar-refractivity contribution is 6.30. The van der Waals surface area contributed by atoms with Crippen molar-refractivity contribution in [3.8, 4) is 0 Å². The Balaban J connectivity index is 1.48. The monoisotopic (exact) mass is 451 g/mol. The van der Waals surface area contributed by atoms with Crippen molar-refractivity contribution in [2.75, 3.05) is 6.54 Å². The highest BCUT2D eigenvalue weighted by Crippen LogP contribution is 2.35. The van der Waals surface area contributed by atoms with Gasteiger partial charge >= 0.3 is 0 Å². The number of benzene rings is 2. The molecule has 168 valence electrons. The summed E-state index contributed by atoms with van der Waals surface area (Å²) in [6.45, 7) is 3.52. The molecule has 6 heteroatoms. The van der Waals surface area contributed by atoms with Crippen molar-refractivity contribution in [2.24, 2.45) is 0 Å². The van der Waals surface area contributed by atoms with Gasteiger partial charge < -0.3 is 10.2 Å². The number of hydrogen-bond acceptors (Lipinski definition) is 3. The number of hydrogen-bond donors (Lipinski definition) is 1. The minimum Gasteiger partial charge on any atom is -0.351 e. The third-order valence-electron chi connectivity index (χ3n) is 7.41. The Morgan fingerprint density at radius 1 is 1.12 bits per heavy atom. The van der Waals surface area contributed by atoms with E-state index >= 15 is 0 Å². The molecule has 0 aromatic heterocycles. The molecular weight excluding hydrogens is 422 g/mol. The largest absolute Gasteiger partial charge is 0.351 e. The summed E-state index contributed by atoms with van der Waals surface area (Å²) in [6, 6.07) is 15.9. The van der Waals surface area contributed by atoms with Crippen molar-refractivity contribution in [3.05, 3.63) is 70.2 Å². The highest BCUT2D eigenvalue weighted by Gasteiger charge is 2.52. The molecule has 2 aliphatic heterocycles. The Morgan fingerprint density at radius 2 is 1.88 bits per heavy atom. The average Bonchev–Trinajstić information content (AvgIpc) is 3.29. The molecule has 2 fully saturated rings. The Labute approximate surface area is 194 Å². The molecule has 1 N–H and O–H groups in total. The van der Waals surface area contributed by atoms with Crippen molar-refractivity contribution in [1.29, 1.82) is 0 Å². The van der Waals surface area contributed by atoms with Gasteiger partial charge in [-0.2, -0.15) is 0 Å². The molecule has 32 heavy (non-hydrogen) atoms. The maximum absolute atomic E-state index is 13.9. The fourth-order valence-electron chi connectivity index (χ4n) is 5.57. The van der Waals surface area contributed by atoms with Crippen LogP contribution in [0.2, 0.25) is 5.02 Å². The predicted octanol–water partition coefficient (Wildman–Crippen LogP) is 3.93. The Kier molecular flexibility index (Phi) is 5.72. The van der Waals surface area contributed by atoms with Gasteiger partial charge in [-0.05, 0) is 55.0 Å². The van der Waals surface area contributed by atoms with Crippen LogP contribution in [0.25, 0.3) is 0 Å². The molecule has 2 heterocycles. The number of carbonyl (C=O) groups is 2. The zero-order valence-corrected chi connectivity index (χ0v) is 19.3. The van der Waals surface area contributed by atoms with Crippen molar-refractivity contribution in [2.45, 2.75) is 69.7 Å². The maximum atomic E-state index is 13.9. The topological polar surface area (TPSA) is 52.7 Å². The summed E-state index contributed by atoms with van der Waals surface area (Å²) in [5, 5.41) is 3.90. The first-order valence-corrected chi connectivity index (χ1v) is 12.0. The molecule has 1 saturated carbocycles. The number of piperazine rings is 1. The standard InChI is InChI=1S/C26H30ClN3O2/c1-26(25(32)28-22-11-4-5-12-22)17-29-16-20-9-3-2-8-19(20)14-23(29)24(31)30(26)15-18-7-6-10-21(27)13-18/h2-3,6-10,13,22-23H,4-5,11-12,14-17H2,1H3,(H,28,32). The van der Waals surface area contributed by atoms with E-state index in [1.165, 1.54) is 11.1 Å². The van der Waals surface area contributed by atoms with E-state index in [-0.39, 0.29) is 23.9 Å². The van der Waals surface area contributed by atoms with Gasteiger partial charge in [0, 0.05) is 30.7 Å². The average molecular weight is 452 g/mol. The van der Waals surface area contributed by atoms with Crippen LogP contribution in [0.5, 0.6) is 0 Å². The molecule has 5 nitrogen and oxygen atoms in total. The summed E-state index contributed by atoms with van der Waals surface area (Å²) in [4.78, 5) is 31.5. The molecule has 3 aliphatic rings. The van der Waals surface area contributed by atoms with Crippen LogP contribution in [0, 0.1) is 0 Å². The summed E-state index contributed by atoms with van der Waals surface area (Å²) in [5.41, 5.74) is 2.47. The summed E-state index contributed by atoms with van der Waals surface area (Å²) in [7, 11) is 0. The van der Waals surface area contributed by atoms with Crippen LogP contribution in [0.1, 0.15) is 49.3 Å². The Bertz CT molecular complexity index is 1040. The zero-order chi connectivity index (χ0) is 22.3. The van der Waals surface area contributed by atoms with Crippen LogP contribution in [0.3, 0.4) is 0 Å². The number of nitrogens with one attached hydrogen (secondary N) is 1. The molecule has 2 aromatic rings. The number of carbonyl (C=O) groups excluding carboxylic acids is 2. The second-order valence-corrected chi connectivity index (χ2v) is 10.1. The normalized spacial score (nSPS) is 26.0. The Morgan fingerprint density at radius 3 is 2.62 bits per heavy atom. The van der Waals surface area contributed by atoms with Gasteiger partial charge in [0.15, 0.2) is 0 Å². The maximum Gasteiger partial charge on any atom is 0.247 e. The lowest BCUT2D eigenvalue weighted by atomic mass is 9.85. The quantitative estimate of drug-likeness (QED) is 0.766. The van der Waals surface area contributed by atoms with Gasteiger partial charge in [-0.15, -0.1) is 0 Å². The lowest BCUT2D eigenvalue weighted by molar-refractivity contribution is -0.163. The van der Waals surface area contributed by atoms with Crippen LogP contribution < -0.4 is 5.32 Å². The molecule has 5 rings (SSSR count). The van der Waals surface area contributed by atoms with E-state index in [0.717, 1.165) is 31.2 Å². The second-order valence-electron chi connectivity index (χ2n) is 9.68. The molecule has 1 aliphatic carbocycles. The second kappa shape index (κ2) is 8.53. The minimum atomic E-state index is -0.940. The van der Waals surface area contributed by atoms with Gasteiger partial charge in [-0.25, -0.2) is 0 Å². The molecule has 1 saturated heterocycles. The number of amides is 2. The summed E-state index contributed by atoms with van der Waals surface area (Å²) < 4.78 is 0. The molecule has 2 amide bonds. The van der Waals surface area contributed by atoms with E-state index in [0.29, 0.717) is 31.1 Å². The predicted molar refractivity (Wildman–Crippen MR) is 125 cm³/mol. The fourth-order valence-corrected chi connectivity index (χ4v) is 5.78. The summed E-state index contributed by atoms with van der Waals surface area (Å²) in [5.74, 6) is -0.0214. The molecule has 2 unspecified atom stereocenters. The Hall–Kier alpha value is -2.37. The molecular formula is C26H30ClN3O2. The van der Waals surface area contributed by atoms with Crippen LogP contribution in [-0.2, 0) is 29.1 Å². The van der Waals surface area contributed by atoms with Crippen molar-refractivity contribution in [1.82, 2.24) is 15.1 Å². The lowest BCUT2D eigenvalue weighted by Crippen LogP contribution is -2.72. The van der Waals surface area contributed by atoms with Gasteiger partial charge in [0.25, 0.3) is 0 Å². The van der Waals surface area contributed by atoms with Crippen LogP contribution in [0.4, 0.5) is 0 Å². The van der Waals surface area contributed by atoms with Crippen LogP contribution in [0.15, 0.2) is 48.5 Å². The van der Waals surface area contributed by atoms with E-state index < -0.39 is 5.54 Å². The first-order valence-electron chi connectivity index (χ1n) is 11.6. The number of rotatable bonds is 4. The van der Waals surface area contributed by atoms with Crippen LogP contribution in [-0.4, -0.2) is 45.8 Å². The molecule has 2 atom stereocenters. The number of halogens is 1. The van der Waals surface area contributed by atoms with Gasteiger partial charge in [-0.3, -0.25) is 14.5 Å². The van der Waals surface area contributed by atoms with E-state index in [9.17, 15) is 9.59 Å². The van der Waals surface area contributed by atoms with Gasteiger partial charge in [0.05, 0.1) is 6.04 Å². The molecule has 0 radical (unpaired) electrons. The SMILES string of the molecule is CC1(C(=O)NC2CCCC2)CN2Cc3ccccc3CC2C(=O)N1Cc1cccc(Cl)c1. The summed E-state index contributed by atoms with van der Waals surface area (Å²) >= 11 is 6.22. The molecule has 0 spiro atoms. The number of nitrogens with zero attached hydrogens (tertiary/aromatic N) is 2. The smallest absolute Gasteiger partial charge is 0.247 e. The van der Waals surface area contributed by atoms with E-state index in [1.54, 1.807) is 4.90 Å². The van der Waals surface area contributed by atoms with Gasteiger partial charge in [0.1, 0.15) is 5.54 Å². The summed E-state index contributed by atoms with van der Waals surface area (Å²) in [6.07, 6.45) is 5.02. The van der Waals surface area contributed by atoms with Crippen molar-refractivity contribution in [3.63, 3.8) is 0 Å². The zero-order valence-electron chi connectivity index (χ0n) is 18.5. The third-order valence-corrected chi connectivity index (χ3v) is 7.65. The minimum absolute atomic E-state index is 0.0230. The van der Waals surface area contributed by atoms with E-state index in [2.05, 4.69) is 22.3 Å². The van der Waals surface area contributed by atoms with Crippen molar-refractivity contribution >= 4 is 23.4 Å².